The fourth-order valence-corrected chi connectivity index (χ4v) is 3.17. The maximum atomic E-state index is 5.52. The average molecular weight is 365 g/mol. The second kappa shape index (κ2) is 5.42. The topological polar surface area (TPSA) is 38.5 Å². The lowest BCUT2D eigenvalue weighted by molar-refractivity contribution is 0.735. The van der Waals surface area contributed by atoms with E-state index in [0.29, 0.717) is 4.77 Å². The Morgan fingerprint density at radius 1 is 1.38 bits per heavy atom. The molecule has 0 aliphatic rings. The van der Waals surface area contributed by atoms with Crippen molar-refractivity contribution >= 4 is 39.3 Å². The predicted octanol–water partition coefficient (Wildman–Crippen LogP) is 4.45. The van der Waals surface area contributed by atoms with Gasteiger partial charge >= 0.3 is 0 Å². The third-order valence-electron chi connectivity index (χ3n) is 3.62. The number of H-pyrrole nitrogens is 1. The second-order valence-electron chi connectivity index (χ2n) is 5.22. The Kier molecular flexibility index (Phi) is 3.75. The Hall–Kier alpha value is -1.40. The molecule has 0 bridgehead atoms. The molecular weight excluding hydrogens is 348 g/mol. The van der Waals surface area contributed by atoms with E-state index < -0.39 is 0 Å². The molecule has 0 aliphatic carbocycles. The van der Waals surface area contributed by atoms with E-state index in [4.69, 9.17) is 12.2 Å². The van der Waals surface area contributed by atoms with E-state index in [-0.39, 0.29) is 0 Å². The van der Waals surface area contributed by atoms with Crippen LogP contribution in [0.3, 0.4) is 0 Å². The highest BCUT2D eigenvalue weighted by Crippen LogP contribution is 2.25. The van der Waals surface area contributed by atoms with E-state index in [1.807, 2.05) is 11.7 Å². The molecule has 1 N–H and O–H groups in total. The van der Waals surface area contributed by atoms with Crippen LogP contribution in [-0.2, 0) is 13.5 Å². The summed E-state index contributed by atoms with van der Waals surface area (Å²) in [6.45, 7) is 4.23. The molecule has 0 spiro atoms. The minimum absolute atomic E-state index is 0.706. The minimum atomic E-state index is 0.706. The number of aromatic nitrogens is 4. The number of rotatable bonds is 3. The van der Waals surface area contributed by atoms with Gasteiger partial charge in [0.2, 0.25) is 0 Å². The van der Waals surface area contributed by atoms with Gasteiger partial charge in [-0.1, -0.05) is 29.3 Å². The number of nitrogens with zero attached hydrogens (tertiary/aromatic N) is 3. The molecule has 2 heterocycles. The lowest BCUT2D eigenvalue weighted by Crippen LogP contribution is -2.01. The van der Waals surface area contributed by atoms with Gasteiger partial charge in [0.15, 0.2) is 10.4 Å². The van der Waals surface area contributed by atoms with E-state index in [0.717, 1.165) is 39.9 Å². The standard InChI is InChI=1S/C15H17BrN4S/c1-4-5-12-13-14(19(3)18-12)20(15(21)17-13)10-6-7-11(16)9(2)8-10/h6-8H,4-5H2,1-3H3,(H,17,21). The summed E-state index contributed by atoms with van der Waals surface area (Å²) in [5.41, 5.74) is 5.38. The van der Waals surface area contributed by atoms with Crippen LogP contribution in [0.25, 0.3) is 16.9 Å². The van der Waals surface area contributed by atoms with Crippen molar-refractivity contribution in [1.29, 1.82) is 0 Å². The number of aryl methyl sites for hydroxylation is 3. The zero-order valence-electron chi connectivity index (χ0n) is 12.3. The summed E-state index contributed by atoms with van der Waals surface area (Å²) < 4.78 is 5.76. The first kappa shape index (κ1) is 14.5. The molecule has 4 nitrogen and oxygen atoms in total. The number of nitrogens with one attached hydrogen (secondary N) is 1. The number of hydrogen-bond donors (Lipinski definition) is 1. The van der Waals surface area contributed by atoms with Crippen LogP contribution in [0.2, 0.25) is 0 Å². The summed E-state index contributed by atoms with van der Waals surface area (Å²) in [6.07, 6.45) is 2.02. The van der Waals surface area contributed by atoms with Gasteiger partial charge in [0.25, 0.3) is 0 Å². The summed E-state index contributed by atoms with van der Waals surface area (Å²) in [5, 5.41) is 4.62. The molecular formula is C15H17BrN4S. The van der Waals surface area contributed by atoms with Gasteiger partial charge in [-0.15, -0.1) is 0 Å². The van der Waals surface area contributed by atoms with Crippen LogP contribution < -0.4 is 0 Å². The lowest BCUT2D eigenvalue weighted by Gasteiger charge is -2.07. The number of hydrogen-bond acceptors (Lipinski definition) is 2. The monoisotopic (exact) mass is 364 g/mol. The molecule has 110 valence electrons. The number of fused-ring (bicyclic) bond motifs is 1. The zero-order chi connectivity index (χ0) is 15.1. The summed E-state index contributed by atoms with van der Waals surface area (Å²) in [5.74, 6) is 0. The molecule has 0 saturated carbocycles. The maximum absolute atomic E-state index is 5.52. The van der Waals surface area contributed by atoms with Crippen molar-refractivity contribution in [2.75, 3.05) is 0 Å². The first-order chi connectivity index (χ1) is 10.0. The maximum Gasteiger partial charge on any atom is 0.184 e. The highest BCUT2D eigenvalue weighted by atomic mass is 79.9. The first-order valence-corrected chi connectivity index (χ1v) is 8.16. The molecule has 21 heavy (non-hydrogen) atoms. The molecule has 3 aromatic rings. The van der Waals surface area contributed by atoms with E-state index in [2.05, 4.69) is 62.6 Å². The molecule has 0 saturated heterocycles. The van der Waals surface area contributed by atoms with Crippen LogP contribution in [-0.4, -0.2) is 19.3 Å². The van der Waals surface area contributed by atoms with Gasteiger partial charge in [0.1, 0.15) is 5.52 Å². The van der Waals surface area contributed by atoms with Gasteiger partial charge in [-0.05, 0) is 49.3 Å². The van der Waals surface area contributed by atoms with Crippen LogP contribution in [0, 0.1) is 11.7 Å². The third-order valence-corrected chi connectivity index (χ3v) is 4.80. The summed E-state index contributed by atoms with van der Waals surface area (Å²) >= 11 is 9.06. The van der Waals surface area contributed by atoms with Crippen molar-refractivity contribution in [2.24, 2.45) is 7.05 Å². The highest BCUT2D eigenvalue weighted by Gasteiger charge is 2.16. The van der Waals surface area contributed by atoms with E-state index in [1.54, 1.807) is 0 Å². The molecule has 6 heteroatoms. The van der Waals surface area contributed by atoms with Crippen LogP contribution in [0.5, 0.6) is 0 Å². The molecule has 0 amide bonds. The lowest BCUT2D eigenvalue weighted by atomic mass is 10.2. The molecule has 1 aromatic carbocycles. The highest BCUT2D eigenvalue weighted by molar-refractivity contribution is 9.10. The third kappa shape index (κ3) is 2.36. The van der Waals surface area contributed by atoms with Crippen LogP contribution in [0.4, 0.5) is 0 Å². The van der Waals surface area contributed by atoms with Crippen LogP contribution >= 0.6 is 28.1 Å². The largest absolute Gasteiger partial charge is 0.327 e. The Labute approximate surface area is 136 Å². The second-order valence-corrected chi connectivity index (χ2v) is 6.46. The normalized spacial score (nSPS) is 11.4. The van der Waals surface area contributed by atoms with Crippen molar-refractivity contribution in [2.45, 2.75) is 26.7 Å². The van der Waals surface area contributed by atoms with Crippen molar-refractivity contribution in [3.8, 4) is 5.69 Å². The molecule has 0 radical (unpaired) electrons. The van der Waals surface area contributed by atoms with Crippen molar-refractivity contribution in [3.05, 3.63) is 38.7 Å². The smallest absolute Gasteiger partial charge is 0.184 e. The van der Waals surface area contributed by atoms with Crippen LogP contribution in [0.15, 0.2) is 22.7 Å². The van der Waals surface area contributed by atoms with Gasteiger partial charge in [-0.25, -0.2) is 4.68 Å². The molecule has 3 rings (SSSR count). The SMILES string of the molecule is CCCc1nn(C)c2c1[nH]c(=S)n2-c1ccc(Br)c(C)c1. The Balaban J connectivity index is 2.29. The first-order valence-electron chi connectivity index (χ1n) is 6.96. The molecule has 0 aliphatic heterocycles. The van der Waals surface area contributed by atoms with E-state index >= 15 is 0 Å². The van der Waals surface area contributed by atoms with Gasteiger partial charge in [-0.2, -0.15) is 5.10 Å². The number of aromatic amines is 1. The number of imidazole rings is 1. The summed E-state index contributed by atoms with van der Waals surface area (Å²) in [6, 6.07) is 6.24. The fraction of sp³-hybridized carbons (Fsp3) is 0.333. The molecule has 0 atom stereocenters. The van der Waals surface area contributed by atoms with Gasteiger partial charge in [0, 0.05) is 11.5 Å². The van der Waals surface area contributed by atoms with Gasteiger partial charge < -0.3 is 4.98 Å². The van der Waals surface area contributed by atoms with Crippen molar-refractivity contribution < 1.29 is 0 Å². The van der Waals surface area contributed by atoms with Crippen molar-refractivity contribution in [3.63, 3.8) is 0 Å². The molecule has 0 fully saturated rings. The van der Waals surface area contributed by atoms with E-state index in [9.17, 15) is 0 Å². The molecule has 2 aromatic heterocycles. The van der Waals surface area contributed by atoms with E-state index in [1.165, 1.54) is 5.56 Å². The fourth-order valence-electron chi connectivity index (χ4n) is 2.63. The zero-order valence-corrected chi connectivity index (χ0v) is 14.7. The molecule has 0 unspecified atom stereocenters. The Morgan fingerprint density at radius 2 is 2.14 bits per heavy atom. The quantitative estimate of drug-likeness (QED) is 0.697. The Bertz CT molecular complexity index is 872. The number of halogens is 1. The van der Waals surface area contributed by atoms with Crippen molar-refractivity contribution in [1.82, 2.24) is 19.3 Å². The summed E-state index contributed by atoms with van der Waals surface area (Å²) in [7, 11) is 1.96. The minimum Gasteiger partial charge on any atom is -0.327 e. The number of benzene rings is 1. The van der Waals surface area contributed by atoms with Gasteiger partial charge in [-0.3, -0.25) is 4.57 Å². The predicted molar refractivity (Wildman–Crippen MR) is 91.7 cm³/mol. The van der Waals surface area contributed by atoms with Crippen LogP contribution in [0.1, 0.15) is 24.6 Å². The Morgan fingerprint density at radius 3 is 2.81 bits per heavy atom. The summed E-state index contributed by atoms with van der Waals surface area (Å²) in [4.78, 5) is 3.32. The van der Waals surface area contributed by atoms with Gasteiger partial charge in [0.05, 0.1) is 11.4 Å². The average Bonchev–Trinajstić information content (AvgIpc) is 2.92.